The Labute approximate surface area is 214 Å². The molecule has 1 aliphatic rings. The molecule has 4 aromatic rings. The van der Waals surface area contributed by atoms with Gasteiger partial charge in [0.2, 0.25) is 5.95 Å². The van der Waals surface area contributed by atoms with Crippen molar-refractivity contribution in [3.8, 4) is 17.0 Å². The van der Waals surface area contributed by atoms with Crippen molar-refractivity contribution in [3.63, 3.8) is 0 Å². The summed E-state index contributed by atoms with van der Waals surface area (Å²) in [4.78, 5) is 30.6. The number of amides is 1. The van der Waals surface area contributed by atoms with Gasteiger partial charge in [0.05, 0.1) is 11.2 Å². The van der Waals surface area contributed by atoms with E-state index in [1.807, 2.05) is 18.2 Å². The van der Waals surface area contributed by atoms with Crippen molar-refractivity contribution in [2.24, 2.45) is 0 Å². The summed E-state index contributed by atoms with van der Waals surface area (Å²) < 4.78 is 5.62. The first kappa shape index (κ1) is 23.8. The van der Waals surface area contributed by atoms with Crippen LogP contribution in [0, 0.1) is 13.8 Å². The van der Waals surface area contributed by atoms with E-state index in [1.54, 1.807) is 29.2 Å². The van der Waals surface area contributed by atoms with Gasteiger partial charge in [-0.15, -0.1) is 0 Å². The summed E-state index contributed by atoms with van der Waals surface area (Å²) in [7, 11) is 0. The zero-order chi connectivity index (χ0) is 25.2. The number of carbonyl (C=O) groups is 1. The summed E-state index contributed by atoms with van der Waals surface area (Å²) in [6, 6.07) is 17.1. The summed E-state index contributed by atoms with van der Waals surface area (Å²) in [6.45, 7) is 6.45. The van der Waals surface area contributed by atoms with Crippen molar-refractivity contribution >= 4 is 40.3 Å². The SMILES string of the molecule is Cc1cccc(C)c1-c1ccc2nc(N)nc(N3CCN(C(=O)COc4ccc(Cl)cc4)CC3)c2n1. The number of benzene rings is 2. The minimum atomic E-state index is -0.0629. The van der Waals surface area contributed by atoms with Crippen LogP contribution in [0.2, 0.25) is 5.02 Å². The summed E-state index contributed by atoms with van der Waals surface area (Å²) in [5.74, 6) is 1.44. The molecule has 184 valence electrons. The molecule has 0 radical (unpaired) electrons. The van der Waals surface area contributed by atoms with Crippen LogP contribution in [-0.2, 0) is 4.79 Å². The summed E-state index contributed by atoms with van der Waals surface area (Å²) in [5.41, 5.74) is 11.7. The fourth-order valence-electron chi connectivity index (χ4n) is 4.53. The number of hydrogen-bond donors (Lipinski definition) is 1. The number of hydrogen-bond acceptors (Lipinski definition) is 7. The van der Waals surface area contributed by atoms with E-state index in [4.69, 9.17) is 27.1 Å². The summed E-state index contributed by atoms with van der Waals surface area (Å²) >= 11 is 5.90. The number of rotatable bonds is 5. The third kappa shape index (κ3) is 4.90. The van der Waals surface area contributed by atoms with Crippen molar-refractivity contribution in [2.45, 2.75) is 13.8 Å². The number of fused-ring (bicyclic) bond motifs is 1. The van der Waals surface area contributed by atoms with Gasteiger partial charge in [-0.3, -0.25) is 4.79 Å². The van der Waals surface area contributed by atoms with E-state index in [1.165, 1.54) is 0 Å². The molecule has 0 spiro atoms. The third-order valence-electron chi connectivity index (χ3n) is 6.39. The van der Waals surface area contributed by atoms with Gasteiger partial charge in [-0.1, -0.05) is 29.8 Å². The molecule has 0 unspecified atom stereocenters. The van der Waals surface area contributed by atoms with Crippen LogP contribution in [0.1, 0.15) is 11.1 Å². The first-order valence-corrected chi connectivity index (χ1v) is 12.2. The molecule has 8 nitrogen and oxygen atoms in total. The predicted octanol–water partition coefficient (Wildman–Crippen LogP) is 4.27. The lowest BCUT2D eigenvalue weighted by atomic mass is 9.99. The maximum atomic E-state index is 12.7. The molecule has 0 saturated carbocycles. The van der Waals surface area contributed by atoms with E-state index in [0.29, 0.717) is 53.8 Å². The Morgan fingerprint density at radius 2 is 1.64 bits per heavy atom. The topological polar surface area (TPSA) is 97.5 Å². The Balaban J connectivity index is 1.33. The number of nitrogens with two attached hydrogens (primary N) is 1. The number of aryl methyl sites for hydroxylation is 2. The summed E-state index contributed by atoms with van der Waals surface area (Å²) in [5, 5.41) is 0.623. The highest BCUT2D eigenvalue weighted by atomic mass is 35.5. The van der Waals surface area contributed by atoms with Gasteiger partial charge in [-0.05, 0) is 61.4 Å². The maximum Gasteiger partial charge on any atom is 0.260 e. The minimum Gasteiger partial charge on any atom is -0.484 e. The van der Waals surface area contributed by atoms with Crippen LogP contribution in [0.4, 0.5) is 11.8 Å². The van der Waals surface area contributed by atoms with Gasteiger partial charge in [-0.2, -0.15) is 4.98 Å². The van der Waals surface area contributed by atoms with Gasteiger partial charge in [0, 0.05) is 36.8 Å². The highest BCUT2D eigenvalue weighted by molar-refractivity contribution is 6.30. The van der Waals surface area contributed by atoms with E-state index >= 15 is 0 Å². The molecule has 2 aromatic heterocycles. The number of carbonyl (C=O) groups excluding carboxylic acids is 1. The van der Waals surface area contributed by atoms with Crippen LogP contribution in [0.3, 0.4) is 0 Å². The smallest absolute Gasteiger partial charge is 0.260 e. The van der Waals surface area contributed by atoms with Crippen LogP contribution >= 0.6 is 11.6 Å². The molecule has 36 heavy (non-hydrogen) atoms. The lowest BCUT2D eigenvalue weighted by molar-refractivity contribution is -0.133. The molecule has 1 saturated heterocycles. The number of nitrogen functional groups attached to an aromatic ring is 1. The van der Waals surface area contributed by atoms with Gasteiger partial charge in [0.15, 0.2) is 12.4 Å². The average molecular weight is 503 g/mol. The van der Waals surface area contributed by atoms with Gasteiger partial charge < -0.3 is 20.3 Å². The largest absolute Gasteiger partial charge is 0.484 e. The van der Waals surface area contributed by atoms with Crippen molar-refractivity contribution in [2.75, 3.05) is 43.4 Å². The van der Waals surface area contributed by atoms with Crippen LogP contribution in [-0.4, -0.2) is 58.5 Å². The van der Waals surface area contributed by atoms with E-state index in [-0.39, 0.29) is 18.5 Å². The monoisotopic (exact) mass is 502 g/mol. The van der Waals surface area contributed by atoms with Crippen LogP contribution in [0.5, 0.6) is 5.75 Å². The zero-order valence-corrected chi connectivity index (χ0v) is 21.0. The molecule has 0 aliphatic carbocycles. The Hall–Kier alpha value is -3.91. The Morgan fingerprint density at radius 3 is 2.33 bits per heavy atom. The highest BCUT2D eigenvalue weighted by Gasteiger charge is 2.25. The van der Waals surface area contributed by atoms with Gasteiger partial charge >= 0.3 is 0 Å². The van der Waals surface area contributed by atoms with Crippen LogP contribution in [0.25, 0.3) is 22.3 Å². The number of pyridine rings is 1. The third-order valence-corrected chi connectivity index (χ3v) is 6.64. The predicted molar refractivity (Wildman–Crippen MR) is 142 cm³/mol. The number of anilines is 2. The molecule has 0 bridgehead atoms. The quantitative estimate of drug-likeness (QED) is 0.435. The molecule has 2 aromatic carbocycles. The number of ether oxygens (including phenoxy) is 1. The van der Waals surface area contributed by atoms with E-state index < -0.39 is 0 Å². The normalized spacial score (nSPS) is 13.8. The van der Waals surface area contributed by atoms with E-state index in [9.17, 15) is 4.79 Å². The number of nitrogens with zero attached hydrogens (tertiary/aromatic N) is 5. The van der Waals surface area contributed by atoms with Gasteiger partial charge in [0.1, 0.15) is 11.3 Å². The van der Waals surface area contributed by atoms with E-state index in [0.717, 1.165) is 22.4 Å². The first-order valence-electron chi connectivity index (χ1n) is 11.8. The lowest BCUT2D eigenvalue weighted by Crippen LogP contribution is -2.50. The number of piperazine rings is 1. The zero-order valence-electron chi connectivity index (χ0n) is 20.2. The van der Waals surface area contributed by atoms with Crippen LogP contribution in [0.15, 0.2) is 54.6 Å². The average Bonchev–Trinajstić information content (AvgIpc) is 2.88. The van der Waals surface area contributed by atoms with Crippen molar-refractivity contribution in [3.05, 3.63) is 70.7 Å². The highest BCUT2D eigenvalue weighted by Crippen LogP contribution is 2.30. The fourth-order valence-corrected chi connectivity index (χ4v) is 4.66. The Kier molecular flexibility index (Phi) is 6.61. The second-order valence-electron chi connectivity index (χ2n) is 8.85. The second kappa shape index (κ2) is 9.99. The number of aromatic nitrogens is 3. The second-order valence-corrected chi connectivity index (χ2v) is 9.28. The van der Waals surface area contributed by atoms with E-state index in [2.05, 4.69) is 40.8 Å². The molecular weight excluding hydrogens is 476 g/mol. The van der Waals surface area contributed by atoms with Crippen molar-refractivity contribution in [1.29, 1.82) is 0 Å². The maximum absolute atomic E-state index is 12.7. The molecule has 1 fully saturated rings. The fraction of sp³-hybridized carbons (Fsp3) is 0.259. The molecule has 1 amide bonds. The van der Waals surface area contributed by atoms with Crippen molar-refractivity contribution < 1.29 is 9.53 Å². The Morgan fingerprint density at radius 1 is 0.944 bits per heavy atom. The lowest BCUT2D eigenvalue weighted by Gasteiger charge is -2.35. The first-order chi connectivity index (χ1) is 17.4. The molecule has 2 N–H and O–H groups in total. The summed E-state index contributed by atoms with van der Waals surface area (Å²) in [6.07, 6.45) is 0. The minimum absolute atomic E-state index is 0.0221. The van der Waals surface area contributed by atoms with Crippen molar-refractivity contribution in [1.82, 2.24) is 19.9 Å². The van der Waals surface area contributed by atoms with Crippen LogP contribution < -0.4 is 15.4 Å². The van der Waals surface area contributed by atoms with Gasteiger partial charge in [0.25, 0.3) is 5.91 Å². The molecular formula is C27H27ClN6O2. The number of halogens is 1. The molecule has 0 atom stereocenters. The van der Waals surface area contributed by atoms with Gasteiger partial charge in [-0.25, -0.2) is 9.97 Å². The Bertz CT molecular complexity index is 1400. The standard InChI is InChI=1S/C27H27ClN6O2/c1-17-4-3-5-18(2)24(17)21-10-11-22-25(30-21)26(32-27(29)31-22)34-14-12-33(13-15-34)23(35)16-36-20-8-6-19(28)7-9-20/h3-11H,12-16H2,1-2H3,(H2,29,31,32). The molecule has 3 heterocycles. The molecule has 9 heteroatoms. The molecule has 5 rings (SSSR count). The molecule has 1 aliphatic heterocycles.